The lowest BCUT2D eigenvalue weighted by molar-refractivity contribution is -0.122. The van der Waals surface area contributed by atoms with Gasteiger partial charge in [-0.05, 0) is 40.8 Å². The lowest BCUT2D eigenvalue weighted by atomic mass is 9.54. The highest BCUT2D eigenvalue weighted by Crippen LogP contribution is 2.71. The lowest BCUT2D eigenvalue weighted by Crippen LogP contribution is -2.56. The molecule has 1 heterocycles. The van der Waals surface area contributed by atoms with E-state index in [0.29, 0.717) is 18.0 Å². The van der Waals surface area contributed by atoms with Gasteiger partial charge in [0.2, 0.25) is 11.8 Å². The quantitative estimate of drug-likeness (QED) is 0.292. The van der Waals surface area contributed by atoms with E-state index in [2.05, 4.69) is 56.1 Å². The third-order valence-corrected chi connectivity index (χ3v) is 9.85. The van der Waals surface area contributed by atoms with Crippen molar-refractivity contribution in [2.75, 3.05) is 11.5 Å². The van der Waals surface area contributed by atoms with E-state index in [1.807, 2.05) is 49.4 Å². The molecule has 4 aliphatic rings. The molecule has 33 heavy (non-hydrogen) atoms. The minimum atomic E-state index is -0.791. The van der Waals surface area contributed by atoms with E-state index >= 15 is 0 Å². The smallest absolute Gasteiger partial charge is 0.240 e. The van der Waals surface area contributed by atoms with Crippen LogP contribution in [0, 0.1) is 11.8 Å². The Labute approximate surface area is 209 Å². The molecule has 0 unspecified atom stereocenters. The number of anilines is 1. The van der Waals surface area contributed by atoms with E-state index in [0.717, 1.165) is 28.7 Å². The zero-order chi connectivity index (χ0) is 23.0. The summed E-state index contributed by atoms with van der Waals surface area (Å²) in [6, 6.07) is 23.5. The molecule has 166 valence electrons. The maximum atomic E-state index is 14.1. The van der Waals surface area contributed by atoms with E-state index < -0.39 is 20.5 Å². The molecule has 1 fully saturated rings. The van der Waals surface area contributed by atoms with Gasteiger partial charge in [0.25, 0.3) is 0 Å². The molecule has 4 nitrogen and oxygen atoms in total. The second-order valence-corrected chi connectivity index (χ2v) is 11.3. The number of para-hydroxylation sites is 2. The summed E-state index contributed by atoms with van der Waals surface area (Å²) in [4.78, 5) is 29.6. The highest BCUT2D eigenvalue weighted by Gasteiger charge is 2.72. The van der Waals surface area contributed by atoms with Crippen molar-refractivity contribution in [2.45, 2.75) is 22.0 Å². The summed E-state index contributed by atoms with van der Waals surface area (Å²) in [6.07, 6.45) is 0.834. The molecular formula is C27H21Br2NO3. The van der Waals surface area contributed by atoms with Crippen LogP contribution in [0.25, 0.3) is 0 Å². The molecule has 1 aliphatic heterocycles. The van der Waals surface area contributed by atoms with Gasteiger partial charge >= 0.3 is 0 Å². The summed E-state index contributed by atoms with van der Waals surface area (Å²) in [5, 5.41) is 0. The van der Waals surface area contributed by atoms with Crippen molar-refractivity contribution in [1.82, 2.24) is 0 Å². The van der Waals surface area contributed by atoms with Gasteiger partial charge in [-0.1, -0.05) is 99.4 Å². The van der Waals surface area contributed by atoms with E-state index in [4.69, 9.17) is 4.74 Å². The first-order valence-electron chi connectivity index (χ1n) is 11.1. The molecule has 0 saturated carbocycles. The molecule has 0 radical (unpaired) electrons. The molecule has 6 heteroatoms. The maximum absolute atomic E-state index is 14.1. The Hall–Kier alpha value is -2.44. The fourth-order valence-electron chi connectivity index (χ4n) is 5.88. The molecule has 0 spiro atoms. The van der Waals surface area contributed by atoms with Gasteiger partial charge in [0.1, 0.15) is 5.75 Å². The molecular weight excluding hydrogens is 546 g/mol. The fourth-order valence-corrected chi connectivity index (χ4v) is 8.18. The number of hydrogen-bond acceptors (Lipinski definition) is 3. The normalized spacial score (nSPS) is 29.0. The molecule has 0 N–H and O–H groups in total. The van der Waals surface area contributed by atoms with E-state index in [-0.39, 0.29) is 11.8 Å². The van der Waals surface area contributed by atoms with E-state index in [9.17, 15) is 9.59 Å². The molecule has 1 saturated heterocycles. The predicted molar refractivity (Wildman–Crippen MR) is 134 cm³/mol. The summed E-state index contributed by atoms with van der Waals surface area (Å²) >= 11 is 8.08. The number of carbonyl (C=O) groups is 2. The first-order valence-corrected chi connectivity index (χ1v) is 12.7. The largest absolute Gasteiger partial charge is 0.491 e. The number of rotatable bonds is 4. The average molecular weight is 567 g/mol. The molecule has 2 atom stereocenters. The minimum absolute atomic E-state index is 0.206. The van der Waals surface area contributed by atoms with Crippen LogP contribution < -0.4 is 9.64 Å². The molecule has 3 aliphatic carbocycles. The summed E-state index contributed by atoms with van der Waals surface area (Å²) < 4.78 is 4.34. The van der Waals surface area contributed by atoms with Gasteiger partial charge in [0.05, 0.1) is 32.8 Å². The number of nitrogens with zero attached hydrogens (tertiary/aromatic N) is 1. The monoisotopic (exact) mass is 565 g/mol. The maximum Gasteiger partial charge on any atom is 0.240 e. The molecule has 3 aromatic carbocycles. The van der Waals surface area contributed by atoms with E-state index in [1.54, 1.807) is 6.07 Å². The van der Waals surface area contributed by atoms with Crippen LogP contribution in [0.3, 0.4) is 0 Å². The van der Waals surface area contributed by atoms with Gasteiger partial charge in [-0.15, -0.1) is 0 Å². The zero-order valence-electron chi connectivity index (χ0n) is 17.9. The van der Waals surface area contributed by atoms with Crippen molar-refractivity contribution in [3.63, 3.8) is 0 Å². The van der Waals surface area contributed by atoms with Crippen molar-refractivity contribution in [1.29, 1.82) is 0 Å². The first kappa shape index (κ1) is 21.1. The Morgan fingerprint density at radius 3 is 1.64 bits per heavy atom. The predicted octanol–water partition coefficient (Wildman–Crippen LogP) is 5.89. The zero-order valence-corrected chi connectivity index (χ0v) is 21.1. The number of halogens is 2. The van der Waals surface area contributed by atoms with Gasteiger partial charge < -0.3 is 4.74 Å². The third kappa shape index (κ3) is 2.51. The molecule has 2 amide bonds. The van der Waals surface area contributed by atoms with Crippen LogP contribution in [-0.4, -0.2) is 18.4 Å². The number of imide groups is 1. The van der Waals surface area contributed by atoms with Crippen LogP contribution in [0.4, 0.5) is 5.69 Å². The van der Waals surface area contributed by atoms with Gasteiger partial charge in [-0.3, -0.25) is 9.59 Å². The van der Waals surface area contributed by atoms with Crippen molar-refractivity contribution >= 4 is 49.4 Å². The fraction of sp³-hybridized carbons (Fsp3) is 0.259. The van der Waals surface area contributed by atoms with Crippen LogP contribution in [0.2, 0.25) is 0 Å². The highest BCUT2D eigenvalue weighted by atomic mass is 79.9. The Morgan fingerprint density at radius 2 is 1.18 bits per heavy atom. The SMILES string of the molecule is CCCOc1ccccc1N1C(=O)[C@@H]2[C@@H](C1=O)C1(Br)c3ccccc3C2(Br)c2ccccc21. The van der Waals surface area contributed by atoms with Gasteiger partial charge in [0, 0.05) is 0 Å². The van der Waals surface area contributed by atoms with Crippen molar-refractivity contribution in [2.24, 2.45) is 11.8 Å². The van der Waals surface area contributed by atoms with Crippen LogP contribution in [0.15, 0.2) is 72.8 Å². The number of carbonyl (C=O) groups excluding carboxylic acids is 2. The first-order chi connectivity index (χ1) is 16.0. The second kappa shape index (κ2) is 7.28. The van der Waals surface area contributed by atoms with Gasteiger partial charge in [0.15, 0.2) is 0 Å². The lowest BCUT2D eigenvalue weighted by Gasteiger charge is -2.55. The summed E-state index contributed by atoms with van der Waals surface area (Å²) in [7, 11) is 0. The van der Waals surface area contributed by atoms with Crippen molar-refractivity contribution < 1.29 is 14.3 Å². The number of amides is 2. The number of ether oxygens (including phenoxy) is 1. The Balaban J connectivity index is 1.59. The number of hydrogen-bond donors (Lipinski definition) is 0. The molecule has 7 rings (SSSR count). The summed E-state index contributed by atoms with van der Waals surface area (Å²) in [5.41, 5.74) is 4.62. The standard InChI is InChI=1S/C27H21Br2NO3/c1-2-15-33-21-14-8-7-13-20(21)30-24(31)22-23(25(30)32)27(29)17-10-4-3-9-16(17)26(22,28)18-11-5-6-12-19(18)27/h3-14,22-23H,2,15H2,1H3/t22-,23-,26?,27?/m0/s1. The Bertz CT molecular complexity index is 1200. The Kier molecular flexibility index (Phi) is 4.66. The highest BCUT2D eigenvalue weighted by molar-refractivity contribution is 9.10. The number of alkyl halides is 2. The molecule has 3 aromatic rings. The topological polar surface area (TPSA) is 46.6 Å². The van der Waals surface area contributed by atoms with Crippen molar-refractivity contribution in [3.8, 4) is 5.75 Å². The second-order valence-electron chi connectivity index (χ2n) is 8.80. The third-order valence-electron chi connectivity index (χ3n) is 7.15. The van der Waals surface area contributed by atoms with E-state index in [1.165, 1.54) is 4.90 Å². The van der Waals surface area contributed by atoms with Crippen LogP contribution in [0.5, 0.6) is 5.75 Å². The molecule has 2 bridgehead atoms. The van der Waals surface area contributed by atoms with Crippen LogP contribution in [-0.2, 0) is 18.2 Å². The molecule has 0 aromatic heterocycles. The van der Waals surface area contributed by atoms with Gasteiger partial charge in [-0.2, -0.15) is 0 Å². The van der Waals surface area contributed by atoms with Crippen molar-refractivity contribution in [3.05, 3.63) is 95.1 Å². The van der Waals surface area contributed by atoms with Crippen LogP contribution >= 0.6 is 31.9 Å². The average Bonchev–Trinajstić information content (AvgIpc) is 3.12. The summed E-state index contributed by atoms with van der Waals surface area (Å²) in [5.74, 6) is -1.04. The number of benzene rings is 3. The summed E-state index contributed by atoms with van der Waals surface area (Å²) in [6.45, 7) is 2.54. The van der Waals surface area contributed by atoms with Crippen LogP contribution in [0.1, 0.15) is 35.6 Å². The van der Waals surface area contributed by atoms with Gasteiger partial charge in [-0.25, -0.2) is 4.90 Å². The Morgan fingerprint density at radius 1 is 0.758 bits per heavy atom. The minimum Gasteiger partial charge on any atom is -0.491 e.